The van der Waals surface area contributed by atoms with Crippen molar-refractivity contribution in [1.29, 1.82) is 0 Å². The standard InChI is InChI=1S/C65H102NO8P/c1-3-5-7-9-11-13-15-17-19-21-23-25-27-29-31-33-35-37-39-41-43-45-47-49-51-53-55-57-64(67)71-61-63(62-73-75(69,70)72-60-59-66)74-65(68)58-56-54-52-50-48-46-44-42-40-38-36-34-32-30-28-26-24-22-20-18-16-14-12-10-8-6-4-2/h5-8,11-14,17-20,23-26,29-32,35-38,42,44,48,50,63H,3-4,9-10,15-16,21-22,27-28,33-34,39-41,43,45-47,49,51-62,66H2,1-2H3,(H,69,70)/b7-5-,8-6-,13-11-,14-12-,19-17-,20-18-,25-23-,26-24-,31-29-,32-30-,37-35-,38-36-,44-42-,50-48-. The van der Waals surface area contributed by atoms with E-state index in [9.17, 15) is 19.0 Å². The van der Waals surface area contributed by atoms with Crippen LogP contribution in [-0.2, 0) is 32.7 Å². The summed E-state index contributed by atoms with van der Waals surface area (Å²) < 4.78 is 33.0. The molecule has 0 aliphatic rings. The second-order valence-electron chi connectivity index (χ2n) is 18.0. The summed E-state index contributed by atoms with van der Waals surface area (Å²) in [6, 6.07) is 0. The van der Waals surface area contributed by atoms with Crippen LogP contribution < -0.4 is 5.73 Å². The van der Waals surface area contributed by atoms with Crippen LogP contribution in [0.1, 0.15) is 194 Å². The third kappa shape index (κ3) is 58.5. The van der Waals surface area contributed by atoms with Gasteiger partial charge in [0.15, 0.2) is 6.10 Å². The van der Waals surface area contributed by atoms with Crippen molar-refractivity contribution in [2.24, 2.45) is 5.73 Å². The maximum absolute atomic E-state index is 12.7. The number of carbonyl (C=O) groups excluding carboxylic acids is 2. The highest BCUT2D eigenvalue weighted by molar-refractivity contribution is 7.47. The molecular formula is C65H102NO8P. The number of hydrogen-bond acceptors (Lipinski definition) is 8. The number of phosphoric ester groups is 1. The summed E-state index contributed by atoms with van der Waals surface area (Å²) in [4.78, 5) is 35.2. The fraction of sp³-hybridized carbons (Fsp3) is 0.538. The van der Waals surface area contributed by atoms with Gasteiger partial charge in [0.1, 0.15) is 6.61 Å². The number of phosphoric acid groups is 1. The van der Waals surface area contributed by atoms with Crippen LogP contribution in [0.5, 0.6) is 0 Å². The van der Waals surface area contributed by atoms with Crippen LogP contribution in [0.15, 0.2) is 170 Å². The first-order valence-corrected chi connectivity index (χ1v) is 30.1. The highest BCUT2D eigenvalue weighted by Crippen LogP contribution is 2.43. The van der Waals surface area contributed by atoms with Gasteiger partial charge in [0.2, 0.25) is 0 Å². The van der Waals surface area contributed by atoms with Gasteiger partial charge in [-0.15, -0.1) is 0 Å². The summed E-state index contributed by atoms with van der Waals surface area (Å²) in [5.74, 6) is -0.905. The van der Waals surface area contributed by atoms with Crippen LogP contribution >= 0.6 is 7.82 Å². The number of carbonyl (C=O) groups is 2. The lowest BCUT2D eigenvalue weighted by molar-refractivity contribution is -0.161. The van der Waals surface area contributed by atoms with Gasteiger partial charge in [-0.3, -0.25) is 18.6 Å². The van der Waals surface area contributed by atoms with Gasteiger partial charge >= 0.3 is 19.8 Å². The van der Waals surface area contributed by atoms with E-state index in [1.54, 1.807) is 0 Å². The lowest BCUT2D eigenvalue weighted by Crippen LogP contribution is -2.29. The first-order valence-electron chi connectivity index (χ1n) is 28.6. The van der Waals surface area contributed by atoms with Gasteiger partial charge in [0, 0.05) is 19.4 Å². The molecular weight excluding hydrogens is 954 g/mol. The van der Waals surface area contributed by atoms with E-state index in [-0.39, 0.29) is 32.6 Å². The van der Waals surface area contributed by atoms with Crippen LogP contribution in [0.3, 0.4) is 0 Å². The molecule has 3 N–H and O–H groups in total. The highest BCUT2D eigenvalue weighted by Gasteiger charge is 2.26. The predicted molar refractivity (Wildman–Crippen MR) is 320 cm³/mol. The fourth-order valence-corrected chi connectivity index (χ4v) is 7.71. The molecule has 2 unspecified atom stereocenters. The number of rotatable bonds is 51. The topological polar surface area (TPSA) is 134 Å². The maximum Gasteiger partial charge on any atom is 0.472 e. The van der Waals surface area contributed by atoms with Gasteiger partial charge < -0.3 is 20.1 Å². The number of hydrogen-bond donors (Lipinski definition) is 2. The third-order valence-electron chi connectivity index (χ3n) is 11.1. The summed E-state index contributed by atoms with van der Waals surface area (Å²) in [7, 11) is -4.42. The molecule has 9 nitrogen and oxygen atoms in total. The predicted octanol–water partition coefficient (Wildman–Crippen LogP) is 18.3. The second-order valence-corrected chi connectivity index (χ2v) is 19.5. The average Bonchev–Trinajstić information content (AvgIpc) is 3.40. The van der Waals surface area contributed by atoms with E-state index in [2.05, 4.69) is 184 Å². The minimum atomic E-state index is -4.42. The lowest BCUT2D eigenvalue weighted by atomic mass is 10.1. The van der Waals surface area contributed by atoms with E-state index in [0.717, 1.165) is 128 Å². The van der Waals surface area contributed by atoms with Crippen LogP contribution in [0, 0.1) is 0 Å². The summed E-state index contributed by atoms with van der Waals surface area (Å²) in [5.41, 5.74) is 5.38. The van der Waals surface area contributed by atoms with Crippen molar-refractivity contribution in [3.05, 3.63) is 170 Å². The molecule has 0 aromatic heterocycles. The van der Waals surface area contributed by atoms with Gasteiger partial charge in [-0.2, -0.15) is 0 Å². The fourth-order valence-electron chi connectivity index (χ4n) is 6.95. The minimum absolute atomic E-state index is 0.0343. The molecule has 75 heavy (non-hydrogen) atoms. The smallest absolute Gasteiger partial charge is 0.462 e. The monoisotopic (exact) mass is 1060 g/mol. The number of ether oxygens (including phenoxy) is 2. The summed E-state index contributed by atoms with van der Waals surface area (Å²) in [6.45, 7) is 3.42. The summed E-state index contributed by atoms with van der Waals surface area (Å²) in [5, 5.41) is 0. The van der Waals surface area contributed by atoms with E-state index in [1.807, 2.05) is 0 Å². The van der Waals surface area contributed by atoms with Gasteiger partial charge in [0.05, 0.1) is 13.2 Å². The molecule has 0 aliphatic heterocycles. The Bertz CT molecular complexity index is 1820. The number of unbranched alkanes of at least 4 members (excludes halogenated alkanes) is 10. The largest absolute Gasteiger partial charge is 0.472 e. The Labute approximate surface area is 457 Å². The Balaban J connectivity index is 4.17. The molecule has 0 heterocycles. The van der Waals surface area contributed by atoms with Crippen molar-refractivity contribution >= 4 is 19.8 Å². The molecule has 0 radical (unpaired) electrons. The molecule has 0 spiro atoms. The Morgan fingerprint density at radius 2 is 0.693 bits per heavy atom. The van der Waals surface area contributed by atoms with Crippen LogP contribution in [0.25, 0.3) is 0 Å². The van der Waals surface area contributed by atoms with Crippen molar-refractivity contribution in [3.63, 3.8) is 0 Å². The molecule has 0 bridgehead atoms. The quantitative estimate of drug-likeness (QED) is 0.0264. The second kappa shape index (κ2) is 58.6. The first-order chi connectivity index (χ1) is 36.8. The molecule has 0 saturated heterocycles. The van der Waals surface area contributed by atoms with Crippen LogP contribution in [0.4, 0.5) is 0 Å². The molecule has 0 aromatic carbocycles. The van der Waals surface area contributed by atoms with Crippen molar-refractivity contribution in [3.8, 4) is 0 Å². The Morgan fingerprint density at radius 3 is 1.05 bits per heavy atom. The van der Waals surface area contributed by atoms with E-state index in [4.69, 9.17) is 24.3 Å². The molecule has 10 heteroatoms. The average molecular weight is 1060 g/mol. The molecule has 0 rings (SSSR count). The third-order valence-corrected chi connectivity index (χ3v) is 12.1. The van der Waals surface area contributed by atoms with E-state index >= 15 is 0 Å². The summed E-state index contributed by atoms with van der Waals surface area (Å²) in [6.07, 6.45) is 86.8. The van der Waals surface area contributed by atoms with Crippen LogP contribution in [0.2, 0.25) is 0 Å². The Kier molecular flexibility index (Phi) is 55.0. The van der Waals surface area contributed by atoms with Gasteiger partial charge in [-0.25, -0.2) is 4.57 Å². The molecule has 2 atom stereocenters. The molecule has 0 aromatic rings. The van der Waals surface area contributed by atoms with Crippen molar-refractivity contribution in [1.82, 2.24) is 0 Å². The maximum atomic E-state index is 12.7. The zero-order chi connectivity index (χ0) is 54.5. The van der Waals surface area contributed by atoms with E-state index in [1.165, 1.54) is 25.7 Å². The lowest BCUT2D eigenvalue weighted by Gasteiger charge is -2.19. The zero-order valence-corrected chi connectivity index (χ0v) is 47.6. The normalized spacial score (nSPS) is 14.3. The van der Waals surface area contributed by atoms with Gasteiger partial charge in [0.25, 0.3) is 0 Å². The highest BCUT2D eigenvalue weighted by atomic mass is 31.2. The SMILES string of the molecule is CC/C=C\C/C=C\C/C=C\C/C=C\C/C=C\C/C=C\C/C=C\C/C=C\CCCCC(=O)OC(COC(=O)CCCCCCCCCC/C=C\C/C=C\C/C=C\C/C=C\C/C=C\C/C=C\CC)COP(=O)(O)OCCN. The molecule has 420 valence electrons. The van der Waals surface area contributed by atoms with Crippen molar-refractivity contribution in [2.75, 3.05) is 26.4 Å². The molecule has 0 saturated carbocycles. The summed E-state index contributed by atoms with van der Waals surface area (Å²) >= 11 is 0. The van der Waals surface area contributed by atoms with Crippen molar-refractivity contribution < 1.29 is 37.6 Å². The molecule has 0 fully saturated rings. The van der Waals surface area contributed by atoms with E-state index < -0.39 is 32.5 Å². The van der Waals surface area contributed by atoms with Gasteiger partial charge in [-0.1, -0.05) is 223 Å². The van der Waals surface area contributed by atoms with E-state index in [0.29, 0.717) is 12.8 Å². The van der Waals surface area contributed by atoms with Crippen molar-refractivity contribution in [2.45, 2.75) is 200 Å². The number of nitrogens with two attached hydrogens (primary N) is 1. The van der Waals surface area contributed by atoms with Crippen LogP contribution in [-0.4, -0.2) is 49.3 Å². The number of allylic oxidation sites excluding steroid dienone is 28. The molecule has 0 aliphatic carbocycles. The number of esters is 2. The Hall–Kier alpha value is -4.63. The minimum Gasteiger partial charge on any atom is -0.462 e. The molecule has 0 amide bonds. The Morgan fingerprint density at radius 1 is 0.400 bits per heavy atom. The first kappa shape index (κ1) is 70.4. The van der Waals surface area contributed by atoms with Gasteiger partial charge in [-0.05, 0) is 128 Å². The zero-order valence-electron chi connectivity index (χ0n) is 46.7.